The number of carbonyl (C=O) groups is 1. The average Bonchev–Trinajstić information content (AvgIpc) is 2.20. The van der Waals surface area contributed by atoms with Crippen LogP contribution in [-0.4, -0.2) is 21.9 Å². The number of phenols is 1. The lowest BCUT2D eigenvalue weighted by atomic mass is 10.1. The van der Waals surface area contributed by atoms with Crippen LogP contribution in [0.2, 0.25) is 0 Å². The maximum atomic E-state index is 13.0. The van der Waals surface area contributed by atoms with Crippen LogP contribution in [0.5, 0.6) is 5.75 Å². The molecule has 0 aliphatic rings. The second-order valence-corrected chi connectivity index (χ2v) is 5.62. The van der Waals surface area contributed by atoms with Crippen molar-refractivity contribution in [2.75, 3.05) is 0 Å². The number of carbonyl (C=O) groups excluding carboxylic acids is 1. The fraction of sp³-hybridized carbons (Fsp3) is 0.417. The van der Waals surface area contributed by atoms with Gasteiger partial charge < -0.3 is 10.4 Å². The number of hydrogen-bond acceptors (Lipinski definition) is 2. The molecule has 0 aliphatic heterocycles. The first kappa shape index (κ1) is 14.0. The number of aromatic hydroxyl groups is 1. The third-order valence-corrected chi connectivity index (χ3v) is 2.63. The third kappa shape index (κ3) is 4.34. The number of benzene rings is 1. The van der Waals surface area contributed by atoms with Gasteiger partial charge in [-0.25, -0.2) is 4.39 Å². The predicted molar refractivity (Wildman–Crippen MR) is 68.0 cm³/mol. The van der Waals surface area contributed by atoms with Gasteiger partial charge in [0.25, 0.3) is 5.91 Å². The molecule has 2 unspecified atom stereocenters. The minimum atomic E-state index is -0.547. The normalized spacial score (nSPS) is 14.1. The summed E-state index contributed by atoms with van der Waals surface area (Å²) >= 11 is 3.39. The number of amides is 1. The average molecular weight is 304 g/mol. The molecule has 1 rings (SSSR count). The smallest absolute Gasteiger partial charge is 0.255 e. The molecular weight excluding hydrogens is 289 g/mol. The van der Waals surface area contributed by atoms with E-state index >= 15 is 0 Å². The Morgan fingerprint density at radius 3 is 2.76 bits per heavy atom. The Kier molecular flexibility index (Phi) is 4.93. The van der Waals surface area contributed by atoms with Gasteiger partial charge in [-0.2, -0.15) is 0 Å². The maximum absolute atomic E-state index is 13.0. The van der Waals surface area contributed by atoms with Gasteiger partial charge in [-0.1, -0.05) is 22.9 Å². The summed E-state index contributed by atoms with van der Waals surface area (Å²) in [5, 5.41) is 12.2. The van der Waals surface area contributed by atoms with Crippen LogP contribution in [-0.2, 0) is 0 Å². The molecule has 0 spiro atoms. The van der Waals surface area contributed by atoms with E-state index in [2.05, 4.69) is 21.2 Å². The van der Waals surface area contributed by atoms with Crippen molar-refractivity contribution in [2.45, 2.75) is 31.1 Å². The molecule has 1 aromatic rings. The second-order valence-electron chi connectivity index (χ2n) is 4.05. The van der Waals surface area contributed by atoms with Crippen LogP contribution in [0, 0.1) is 5.82 Å². The number of nitrogens with one attached hydrogen (secondary N) is 1. The van der Waals surface area contributed by atoms with Crippen molar-refractivity contribution in [3.05, 3.63) is 29.6 Å². The van der Waals surface area contributed by atoms with E-state index < -0.39 is 11.7 Å². The van der Waals surface area contributed by atoms with Crippen molar-refractivity contribution in [1.82, 2.24) is 5.32 Å². The van der Waals surface area contributed by atoms with Crippen LogP contribution in [0.25, 0.3) is 0 Å². The first-order valence-corrected chi connectivity index (χ1v) is 6.25. The fourth-order valence-corrected chi connectivity index (χ4v) is 2.10. The molecule has 0 aromatic heterocycles. The highest BCUT2D eigenvalue weighted by atomic mass is 79.9. The first-order valence-electron chi connectivity index (χ1n) is 5.33. The van der Waals surface area contributed by atoms with Crippen molar-refractivity contribution in [3.63, 3.8) is 0 Å². The number of alkyl halides is 1. The van der Waals surface area contributed by atoms with Crippen LogP contribution < -0.4 is 5.32 Å². The summed E-state index contributed by atoms with van der Waals surface area (Å²) in [5.74, 6) is -1.24. The van der Waals surface area contributed by atoms with Crippen LogP contribution in [0.4, 0.5) is 4.39 Å². The number of phenolic OH excluding ortho intramolecular Hbond substituents is 1. The molecule has 0 heterocycles. The Hall–Kier alpha value is -1.10. The van der Waals surface area contributed by atoms with Crippen molar-refractivity contribution in [2.24, 2.45) is 0 Å². The Morgan fingerprint density at radius 2 is 2.18 bits per heavy atom. The minimum Gasteiger partial charge on any atom is -0.507 e. The molecule has 0 radical (unpaired) electrons. The van der Waals surface area contributed by atoms with E-state index in [1.807, 2.05) is 13.8 Å². The number of hydrogen-bond donors (Lipinski definition) is 2. The van der Waals surface area contributed by atoms with E-state index in [1.54, 1.807) is 0 Å². The summed E-state index contributed by atoms with van der Waals surface area (Å²) in [5.41, 5.74) is -0.0425. The molecule has 3 nitrogen and oxygen atoms in total. The van der Waals surface area contributed by atoms with E-state index in [0.29, 0.717) is 0 Å². The zero-order valence-corrected chi connectivity index (χ0v) is 11.3. The van der Waals surface area contributed by atoms with Gasteiger partial charge in [0.05, 0.1) is 5.56 Å². The van der Waals surface area contributed by atoms with E-state index in [0.717, 1.165) is 18.6 Å². The standard InChI is InChI=1S/C12H15BrFNO2/c1-7(13)5-8(2)15-12(17)10-6-9(14)3-4-11(10)16/h3-4,6-8,16H,5H2,1-2H3,(H,15,17). The summed E-state index contributed by atoms with van der Waals surface area (Å²) in [6.07, 6.45) is 0.752. The highest BCUT2D eigenvalue weighted by Gasteiger charge is 2.15. The van der Waals surface area contributed by atoms with Gasteiger partial charge in [-0.3, -0.25) is 4.79 Å². The molecule has 1 aromatic carbocycles. The lowest BCUT2D eigenvalue weighted by Crippen LogP contribution is -2.33. The van der Waals surface area contributed by atoms with Crippen molar-refractivity contribution in [1.29, 1.82) is 0 Å². The predicted octanol–water partition coefficient (Wildman–Crippen LogP) is 2.82. The van der Waals surface area contributed by atoms with Crippen LogP contribution in [0.1, 0.15) is 30.6 Å². The largest absolute Gasteiger partial charge is 0.507 e. The van der Waals surface area contributed by atoms with Gasteiger partial charge in [0.1, 0.15) is 11.6 Å². The molecule has 2 atom stereocenters. The molecule has 0 bridgehead atoms. The fourth-order valence-electron chi connectivity index (χ4n) is 1.54. The summed E-state index contributed by atoms with van der Waals surface area (Å²) in [4.78, 5) is 12.0. The molecule has 2 N–H and O–H groups in total. The summed E-state index contributed by atoms with van der Waals surface area (Å²) < 4.78 is 13.0. The van der Waals surface area contributed by atoms with Gasteiger partial charge in [0.2, 0.25) is 0 Å². The Morgan fingerprint density at radius 1 is 1.53 bits per heavy atom. The lowest BCUT2D eigenvalue weighted by Gasteiger charge is -2.15. The molecule has 94 valence electrons. The van der Waals surface area contributed by atoms with E-state index in [-0.39, 0.29) is 22.2 Å². The molecule has 5 heteroatoms. The topological polar surface area (TPSA) is 49.3 Å². The highest BCUT2D eigenvalue weighted by molar-refractivity contribution is 9.09. The van der Waals surface area contributed by atoms with E-state index in [9.17, 15) is 14.3 Å². The molecule has 0 saturated heterocycles. The van der Waals surface area contributed by atoms with Gasteiger partial charge in [-0.05, 0) is 31.5 Å². The van der Waals surface area contributed by atoms with Crippen molar-refractivity contribution in [3.8, 4) is 5.75 Å². The molecule has 17 heavy (non-hydrogen) atoms. The summed E-state index contributed by atoms with van der Waals surface area (Å²) in [7, 11) is 0. The van der Waals surface area contributed by atoms with Gasteiger partial charge in [-0.15, -0.1) is 0 Å². The van der Waals surface area contributed by atoms with Crippen LogP contribution in [0.15, 0.2) is 18.2 Å². The Labute approximate surface area is 108 Å². The van der Waals surface area contributed by atoms with E-state index in [1.165, 1.54) is 6.07 Å². The monoisotopic (exact) mass is 303 g/mol. The SMILES string of the molecule is CC(Br)CC(C)NC(=O)c1cc(F)ccc1O. The molecule has 1 amide bonds. The Bertz CT molecular complexity index is 409. The molecule has 0 fully saturated rings. The van der Waals surface area contributed by atoms with Crippen molar-refractivity contribution >= 4 is 21.8 Å². The first-order chi connectivity index (χ1) is 7.90. The maximum Gasteiger partial charge on any atom is 0.255 e. The molecule has 0 saturated carbocycles. The summed E-state index contributed by atoms with van der Waals surface area (Å²) in [6, 6.07) is 3.24. The zero-order chi connectivity index (χ0) is 13.0. The van der Waals surface area contributed by atoms with Crippen LogP contribution in [0.3, 0.4) is 0 Å². The van der Waals surface area contributed by atoms with Crippen LogP contribution >= 0.6 is 15.9 Å². The third-order valence-electron chi connectivity index (χ3n) is 2.26. The van der Waals surface area contributed by atoms with Gasteiger partial charge in [0.15, 0.2) is 0 Å². The molecular formula is C12H15BrFNO2. The quantitative estimate of drug-likeness (QED) is 0.840. The van der Waals surface area contributed by atoms with Crippen molar-refractivity contribution < 1.29 is 14.3 Å². The second kappa shape index (κ2) is 6.00. The van der Waals surface area contributed by atoms with Gasteiger partial charge in [0, 0.05) is 10.9 Å². The molecule has 0 aliphatic carbocycles. The minimum absolute atomic E-state index is 0.0425. The Balaban J connectivity index is 2.73. The number of halogens is 2. The zero-order valence-electron chi connectivity index (χ0n) is 9.71. The highest BCUT2D eigenvalue weighted by Crippen LogP contribution is 2.18. The van der Waals surface area contributed by atoms with E-state index in [4.69, 9.17) is 0 Å². The summed E-state index contributed by atoms with van der Waals surface area (Å²) in [6.45, 7) is 3.83. The number of rotatable bonds is 4. The van der Waals surface area contributed by atoms with Gasteiger partial charge >= 0.3 is 0 Å². The lowest BCUT2D eigenvalue weighted by molar-refractivity contribution is 0.0935.